The first kappa shape index (κ1) is 25.6. The molecule has 192 valence electrons. The number of fused-ring (bicyclic) bond motifs is 1. The van der Waals surface area contributed by atoms with Gasteiger partial charge in [0.15, 0.2) is 0 Å². The predicted molar refractivity (Wildman–Crippen MR) is 144 cm³/mol. The highest BCUT2D eigenvalue weighted by Crippen LogP contribution is 2.28. The molecule has 1 saturated heterocycles. The lowest BCUT2D eigenvalue weighted by atomic mass is 10.1. The number of piperazine rings is 1. The number of aryl methyl sites for hydroxylation is 1. The molecule has 0 aliphatic carbocycles. The number of anilines is 3. The van der Waals surface area contributed by atoms with Crippen LogP contribution in [0.1, 0.15) is 25.3 Å². The maximum atomic E-state index is 13.1. The minimum atomic E-state index is -0.200. The molecule has 10 nitrogen and oxygen atoms in total. The number of rotatable bonds is 7. The van der Waals surface area contributed by atoms with Crippen LogP contribution in [0.2, 0.25) is 0 Å². The Morgan fingerprint density at radius 3 is 2.72 bits per heavy atom. The summed E-state index contributed by atoms with van der Waals surface area (Å²) in [4.78, 5) is 43.2. The van der Waals surface area contributed by atoms with Crippen molar-refractivity contribution in [2.75, 3.05) is 54.6 Å². The molecule has 1 fully saturated rings. The second-order valence-corrected chi connectivity index (χ2v) is 9.52. The Morgan fingerprint density at radius 1 is 1.19 bits per heavy atom. The summed E-state index contributed by atoms with van der Waals surface area (Å²) in [6.07, 6.45) is 5.22. The number of halogens is 1. The Bertz CT molecular complexity index is 1220. The van der Waals surface area contributed by atoms with Crippen LogP contribution in [-0.2, 0) is 0 Å². The number of amides is 4. The molecule has 0 bridgehead atoms. The maximum Gasteiger partial charge on any atom is 0.322 e. The molecule has 1 aliphatic rings. The van der Waals surface area contributed by atoms with Gasteiger partial charge in [-0.15, -0.1) is 11.6 Å². The highest BCUT2D eigenvalue weighted by atomic mass is 35.5. The van der Waals surface area contributed by atoms with Crippen molar-refractivity contribution >= 4 is 51.9 Å². The van der Waals surface area contributed by atoms with Gasteiger partial charge in [0.25, 0.3) is 0 Å². The molecule has 1 atom stereocenters. The Labute approximate surface area is 216 Å². The first-order valence-corrected chi connectivity index (χ1v) is 12.7. The van der Waals surface area contributed by atoms with Crippen LogP contribution in [0.15, 0.2) is 36.8 Å². The van der Waals surface area contributed by atoms with Crippen LogP contribution in [0.25, 0.3) is 11.0 Å². The average Bonchev–Trinajstić information content (AvgIpc) is 3.25. The van der Waals surface area contributed by atoms with E-state index in [1.807, 2.05) is 31.0 Å². The van der Waals surface area contributed by atoms with Gasteiger partial charge in [0, 0.05) is 62.7 Å². The van der Waals surface area contributed by atoms with Crippen molar-refractivity contribution in [3.05, 3.63) is 42.4 Å². The van der Waals surface area contributed by atoms with E-state index in [4.69, 9.17) is 11.6 Å². The standard InChI is InChI=1S/C25H33ClN8O2/c1-17-14-27-22-21(17)23(29-16-28-22)33-11-12-34(18(2)15-33)25(36)31-20-8-6-7-19(13-20)30-24(35)32(3)10-5-4-9-26/h6-8,13-14,16,18H,4-5,9-12,15H2,1-3H3,(H,30,35)(H,31,36)(H,27,28,29)/t18-/m0/s1. The fourth-order valence-electron chi connectivity index (χ4n) is 4.42. The third-order valence-electron chi connectivity index (χ3n) is 6.42. The van der Waals surface area contributed by atoms with E-state index in [9.17, 15) is 9.59 Å². The molecule has 4 rings (SSSR count). The fourth-order valence-corrected chi connectivity index (χ4v) is 4.61. The summed E-state index contributed by atoms with van der Waals surface area (Å²) in [6.45, 7) is 6.59. The molecule has 1 aliphatic heterocycles. The number of nitrogens with one attached hydrogen (secondary N) is 3. The number of aromatic nitrogens is 3. The summed E-state index contributed by atoms with van der Waals surface area (Å²) in [5.41, 5.74) is 3.16. The zero-order valence-corrected chi connectivity index (χ0v) is 21.7. The summed E-state index contributed by atoms with van der Waals surface area (Å²) in [6, 6.07) is 6.78. The minimum Gasteiger partial charge on any atom is -0.352 e. The number of aromatic amines is 1. The largest absolute Gasteiger partial charge is 0.352 e. The first-order chi connectivity index (χ1) is 17.4. The molecule has 36 heavy (non-hydrogen) atoms. The van der Waals surface area contributed by atoms with Crippen molar-refractivity contribution in [1.29, 1.82) is 0 Å². The highest BCUT2D eigenvalue weighted by molar-refractivity contribution is 6.17. The number of H-pyrrole nitrogens is 1. The average molecular weight is 513 g/mol. The van der Waals surface area contributed by atoms with Gasteiger partial charge in [0.1, 0.15) is 17.8 Å². The Balaban J connectivity index is 1.35. The van der Waals surface area contributed by atoms with Crippen molar-refractivity contribution in [3.63, 3.8) is 0 Å². The second-order valence-electron chi connectivity index (χ2n) is 9.14. The smallest absolute Gasteiger partial charge is 0.322 e. The highest BCUT2D eigenvalue weighted by Gasteiger charge is 2.29. The fraction of sp³-hybridized carbons (Fsp3) is 0.440. The lowest BCUT2D eigenvalue weighted by Gasteiger charge is -2.40. The van der Waals surface area contributed by atoms with Gasteiger partial charge in [-0.2, -0.15) is 0 Å². The van der Waals surface area contributed by atoms with Crippen LogP contribution in [0.3, 0.4) is 0 Å². The van der Waals surface area contributed by atoms with E-state index in [1.165, 1.54) is 0 Å². The second kappa shape index (κ2) is 11.5. The normalized spacial score (nSPS) is 15.7. The van der Waals surface area contributed by atoms with Crippen molar-refractivity contribution in [2.24, 2.45) is 0 Å². The first-order valence-electron chi connectivity index (χ1n) is 12.2. The van der Waals surface area contributed by atoms with E-state index >= 15 is 0 Å². The van der Waals surface area contributed by atoms with Crippen molar-refractivity contribution in [3.8, 4) is 0 Å². The van der Waals surface area contributed by atoms with E-state index in [1.54, 1.807) is 36.5 Å². The molecule has 2 aromatic heterocycles. The van der Waals surface area contributed by atoms with Gasteiger partial charge < -0.3 is 30.3 Å². The van der Waals surface area contributed by atoms with Gasteiger partial charge >= 0.3 is 12.1 Å². The predicted octanol–water partition coefficient (Wildman–Crippen LogP) is 4.49. The van der Waals surface area contributed by atoms with Crippen LogP contribution >= 0.6 is 11.6 Å². The number of unbranched alkanes of at least 4 members (excludes halogenated alkanes) is 1. The summed E-state index contributed by atoms with van der Waals surface area (Å²) in [7, 11) is 1.75. The quantitative estimate of drug-likeness (QED) is 0.319. The van der Waals surface area contributed by atoms with Crippen LogP contribution in [-0.4, -0.2) is 82.0 Å². The molecule has 0 unspecified atom stereocenters. The Kier molecular flexibility index (Phi) is 8.14. The summed E-state index contributed by atoms with van der Waals surface area (Å²) < 4.78 is 0. The maximum absolute atomic E-state index is 13.1. The van der Waals surface area contributed by atoms with Crippen LogP contribution in [0.4, 0.5) is 26.8 Å². The molecular formula is C25H33ClN8O2. The molecular weight excluding hydrogens is 480 g/mol. The molecule has 3 aromatic rings. The number of nitrogens with zero attached hydrogens (tertiary/aromatic N) is 5. The van der Waals surface area contributed by atoms with Crippen molar-refractivity contribution < 1.29 is 9.59 Å². The Morgan fingerprint density at radius 2 is 1.97 bits per heavy atom. The number of alkyl halides is 1. The number of benzene rings is 1. The number of carbonyl (C=O) groups is 2. The number of urea groups is 2. The van der Waals surface area contributed by atoms with Crippen LogP contribution in [0, 0.1) is 6.92 Å². The monoisotopic (exact) mass is 512 g/mol. The number of hydrogen-bond acceptors (Lipinski definition) is 5. The molecule has 1 aromatic carbocycles. The topological polar surface area (TPSA) is 109 Å². The Hall–Kier alpha value is -3.53. The number of hydrogen-bond donors (Lipinski definition) is 3. The molecule has 0 saturated carbocycles. The molecule has 4 amide bonds. The lowest BCUT2D eigenvalue weighted by Crippen LogP contribution is -2.55. The third kappa shape index (κ3) is 5.81. The minimum absolute atomic E-state index is 0.0208. The van der Waals surface area contributed by atoms with Crippen LogP contribution < -0.4 is 15.5 Å². The van der Waals surface area contributed by atoms with E-state index in [2.05, 4.69) is 30.5 Å². The third-order valence-corrected chi connectivity index (χ3v) is 6.69. The van der Waals surface area contributed by atoms with E-state index in [-0.39, 0.29) is 18.1 Å². The summed E-state index contributed by atoms with van der Waals surface area (Å²) in [5, 5.41) is 6.87. The van der Waals surface area contributed by atoms with Crippen molar-refractivity contribution in [1.82, 2.24) is 24.8 Å². The molecule has 0 spiro atoms. The van der Waals surface area contributed by atoms with E-state index < -0.39 is 0 Å². The zero-order chi connectivity index (χ0) is 25.7. The molecule has 3 heterocycles. The van der Waals surface area contributed by atoms with Gasteiger partial charge in [0.2, 0.25) is 0 Å². The number of carbonyl (C=O) groups excluding carboxylic acids is 2. The van der Waals surface area contributed by atoms with Gasteiger partial charge in [-0.25, -0.2) is 19.6 Å². The molecule has 0 radical (unpaired) electrons. The molecule has 11 heteroatoms. The van der Waals surface area contributed by atoms with Gasteiger partial charge in [-0.3, -0.25) is 0 Å². The van der Waals surface area contributed by atoms with E-state index in [0.717, 1.165) is 35.3 Å². The van der Waals surface area contributed by atoms with Gasteiger partial charge in [0.05, 0.1) is 5.39 Å². The van der Waals surface area contributed by atoms with Gasteiger partial charge in [-0.05, 0) is 50.5 Å². The van der Waals surface area contributed by atoms with Gasteiger partial charge in [-0.1, -0.05) is 6.07 Å². The summed E-state index contributed by atoms with van der Waals surface area (Å²) in [5.74, 6) is 1.48. The van der Waals surface area contributed by atoms with E-state index in [0.29, 0.717) is 43.4 Å². The zero-order valence-electron chi connectivity index (χ0n) is 20.9. The SMILES string of the molecule is Cc1c[nH]c2ncnc(N3CCN(C(=O)Nc4cccc(NC(=O)N(C)CCCCCl)c4)[C@@H](C)C3)c12. The van der Waals surface area contributed by atoms with Crippen molar-refractivity contribution in [2.45, 2.75) is 32.7 Å². The molecule has 3 N–H and O–H groups in total. The summed E-state index contributed by atoms with van der Waals surface area (Å²) >= 11 is 5.71. The lowest BCUT2D eigenvalue weighted by molar-refractivity contribution is 0.184. The van der Waals surface area contributed by atoms with Crippen LogP contribution in [0.5, 0.6) is 0 Å².